The minimum atomic E-state index is 0.355. The van der Waals surface area contributed by atoms with Crippen molar-refractivity contribution in [2.75, 3.05) is 6.61 Å². The van der Waals surface area contributed by atoms with Gasteiger partial charge >= 0.3 is 0 Å². The van der Waals surface area contributed by atoms with Crippen LogP contribution in [0.1, 0.15) is 62.3 Å². The minimum Gasteiger partial charge on any atom is -0.477 e. The van der Waals surface area contributed by atoms with Crippen LogP contribution in [-0.2, 0) is 0 Å². The maximum Gasteiger partial charge on any atom is 0.224 e. The summed E-state index contributed by atoms with van der Waals surface area (Å²) in [5.41, 5.74) is 8.50. The number of nitrogens with two attached hydrogens (primary N) is 1. The third-order valence-electron chi connectivity index (χ3n) is 3.29. The van der Waals surface area contributed by atoms with Gasteiger partial charge in [0.05, 0.1) is 12.2 Å². The summed E-state index contributed by atoms with van der Waals surface area (Å²) in [5.74, 6) is 0.587. The molecule has 0 saturated carbocycles. The predicted octanol–water partition coefficient (Wildman–Crippen LogP) is 4.07. The standard InChI is InChI=1S/C16H26N2OS/c1-4-5-6-7-8-9-10-19-16-14(15(17)20)12(2)11-13(3)18-16/h11H,4-10H2,1-3H3,(H2,17,20). The molecular formula is C16H26N2OS. The molecule has 4 heteroatoms. The van der Waals surface area contributed by atoms with Crippen molar-refractivity contribution in [3.63, 3.8) is 0 Å². The number of hydrogen-bond donors (Lipinski definition) is 1. The number of nitrogens with zero attached hydrogens (tertiary/aromatic N) is 1. The van der Waals surface area contributed by atoms with Gasteiger partial charge in [0, 0.05) is 5.69 Å². The van der Waals surface area contributed by atoms with Crippen LogP contribution < -0.4 is 10.5 Å². The molecule has 0 atom stereocenters. The van der Waals surface area contributed by atoms with Crippen molar-refractivity contribution in [2.24, 2.45) is 5.73 Å². The lowest BCUT2D eigenvalue weighted by Crippen LogP contribution is -2.15. The molecule has 1 rings (SSSR count). The molecule has 1 aromatic heterocycles. The molecule has 0 aliphatic carbocycles. The van der Waals surface area contributed by atoms with Gasteiger partial charge in [0.15, 0.2) is 0 Å². The van der Waals surface area contributed by atoms with Crippen LogP contribution in [0.3, 0.4) is 0 Å². The van der Waals surface area contributed by atoms with E-state index in [1.807, 2.05) is 19.9 Å². The van der Waals surface area contributed by atoms with E-state index >= 15 is 0 Å². The van der Waals surface area contributed by atoms with Crippen LogP contribution >= 0.6 is 12.2 Å². The quantitative estimate of drug-likeness (QED) is 0.551. The van der Waals surface area contributed by atoms with Gasteiger partial charge in [0.2, 0.25) is 5.88 Å². The van der Waals surface area contributed by atoms with Crippen molar-refractivity contribution in [3.8, 4) is 5.88 Å². The molecule has 0 unspecified atom stereocenters. The lowest BCUT2D eigenvalue weighted by Gasteiger charge is -2.13. The van der Waals surface area contributed by atoms with Crippen molar-refractivity contribution in [1.29, 1.82) is 0 Å². The summed E-state index contributed by atoms with van der Waals surface area (Å²) in [6, 6.07) is 1.98. The van der Waals surface area contributed by atoms with Crippen LogP contribution in [0.15, 0.2) is 6.07 Å². The lowest BCUT2D eigenvalue weighted by molar-refractivity contribution is 0.292. The van der Waals surface area contributed by atoms with Crippen LogP contribution in [0.5, 0.6) is 5.88 Å². The van der Waals surface area contributed by atoms with E-state index in [0.29, 0.717) is 17.5 Å². The molecule has 112 valence electrons. The first kappa shape index (κ1) is 16.9. The molecule has 0 aromatic carbocycles. The first-order chi connectivity index (χ1) is 9.56. The maximum atomic E-state index is 5.79. The van der Waals surface area contributed by atoms with Crippen molar-refractivity contribution in [2.45, 2.75) is 59.3 Å². The average molecular weight is 294 g/mol. The molecule has 3 nitrogen and oxygen atoms in total. The van der Waals surface area contributed by atoms with E-state index in [4.69, 9.17) is 22.7 Å². The van der Waals surface area contributed by atoms with E-state index in [-0.39, 0.29) is 0 Å². The SMILES string of the molecule is CCCCCCCCOc1nc(C)cc(C)c1C(N)=S. The Kier molecular flexibility index (Phi) is 7.52. The Morgan fingerprint density at radius 3 is 2.50 bits per heavy atom. The van der Waals surface area contributed by atoms with E-state index < -0.39 is 0 Å². The van der Waals surface area contributed by atoms with Crippen molar-refractivity contribution >= 4 is 17.2 Å². The molecule has 0 saturated heterocycles. The second kappa shape index (κ2) is 8.90. The van der Waals surface area contributed by atoms with Gasteiger partial charge in [-0.3, -0.25) is 0 Å². The third-order valence-corrected chi connectivity index (χ3v) is 3.50. The summed E-state index contributed by atoms with van der Waals surface area (Å²) in [6.45, 7) is 6.85. The zero-order chi connectivity index (χ0) is 15.0. The van der Waals surface area contributed by atoms with Crippen molar-refractivity contribution < 1.29 is 4.74 Å². The van der Waals surface area contributed by atoms with Gasteiger partial charge < -0.3 is 10.5 Å². The summed E-state index contributed by atoms with van der Waals surface area (Å²) in [7, 11) is 0. The number of pyridine rings is 1. The molecule has 0 bridgehead atoms. The molecule has 0 fully saturated rings. The fourth-order valence-electron chi connectivity index (χ4n) is 2.26. The number of hydrogen-bond acceptors (Lipinski definition) is 3. The highest BCUT2D eigenvalue weighted by molar-refractivity contribution is 7.80. The third kappa shape index (κ3) is 5.45. The minimum absolute atomic E-state index is 0.355. The predicted molar refractivity (Wildman–Crippen MR) is 88.5 cm³/mol. The number of unbranched alkanes of at least 4 members (excludes halogenated alkanes) is 5. The average Bonchev–Trinajstić information content (AvgIpc) is 2.36. The summed E-state index contributed by atoms with van der Waals surface area (Å²) in [6.07, 6.45) is 7.45. The number of aromatic nitrogens is 1. The van der Waals surface area contributed by atoms with Gasteiger partial charge in [-0.1, -0.05) is 51.2 Å². The van der Waals surface area contributed by atoms with E-state index in [1.54, 1.807) is 0 Å². The molecule has 1 aromatic rings. The van der Waals surface area contributed by atoms with Gasteiger partial charge in [0.1, 0.15) is 4.99 Å². The Balaban J connectivity index is 2.49. The monoisotopic (exact) mass is 294 g/mol. The van der Waals surface area contributed by atoms with Crippen LogP contribution in [0.25, 0.3) is 0 Å². The van der Waals surface area contributed by atoms with Gasteiger partial charge in [-0.15, -0.1) is 0 Å². The molecule has 0 aliphatic rings. The van der Waals surface area contributed by atoms with Crippen LogP contribution in [-0.4, -0.2) is 16.6 Å². The van der Waals surface area contributed by atoms with Crippen molar-refractivity contribution in [3.05, 3.63) is 22.9 Å². The second-order valence-corrected chi connectivity index (χ2v) is 5.68. The van der Waals surface area contributed by atoms with E-state index in [2.05, 4.69) is 11.9 Å². The largest absolute Gasteiger partial charge is 0.477 e. The molecule has 0 spiro atoms. The molecule has 0 aliphatic heterocycles. The van der Waals surface area contributed by atoms with Crippen LogP contribution in [0.4, 0.5) is 0 Å². The van der Waals surface area contributed by atoms with Crippen LogP contribution in [0.2, 0.25) is 0 Å². The normalized spacial score (nSPS) is 10.6. The van der Waals surface area contributed by atoms with Gasteiger partial charge in [-0.2, -0.15) is 0 Å². The molecule has 2 N–H and O–H groups in total. The zero-order valence-corrected chi connectivity index (χ0v) is 13.7. The fraction of sp³-hybridized carbons (Fsp3) is 0.625. The summed E-state index contributed by atoms with van der Waals surface area (Å²) >= 11 is 5.09. The van der Waals surface area contributed by atoms with E-state index in [1.165, 1.54) is 32.1 Å². The summed E-state index contributed by atoms with van der Waals surface area (Å²) < 4.78 is 5.79. The fourth-order valence-corrected chi connectivity index (χ4v) is 2.51. The second-order valence-electron chi connectivity index (χ2n) is 5.24. The number of rotatable bonds is 9. The molecular weight excluding hydrogens is 268 g/mol. The topological polar surface area (TPSA) is 48.1 Å². The number of aryl methyl sites for hydroxylation is 2. The molecule has 1 heterocycles. The van der Waals surface area contributed by atoms with E-state index in [0.717, 1.165) is 23.2 Å². The molecule has 20 heavy (non-hydrogen) atoms. The maximum absolute atomic E-state index is 5.79. The first-order valence-corrected chi connectivity index (χ1v) is 7.88. The smallest absolute Gasteiger partial charge is 0.224 e. The number of thiocarbonyl (C=S) groups is 1. The Bertz CT molecular complexity index is 446. The Morgan fingerprint density at radius 2 is 1.85 bits per heavy atom. The lowest BCUT2D eigenvalue weighted by atomic mass is 10.1. The summed E-state index contributed by atoms with van der Waals surface area (Å²) in [4.78, 5) is 4.77. The zero-order valence-electron chi connectivity index (χ0n) is 12.9. The highest BCUT2D eigenvalue weighted by atomic mass is 32.1. The van der Waals surface area contributed by atoms with E-state index in [9.17, 15) is 0 Å². The molecule has 0 radical (unpaired) electrons. The highest BCUT2D eigenvalue weighted by Gasteiger charge is 2.12. The van der Waals surface area contributed by atoms with Gasteiger partial charge in [-0.05, 0) is 31.9 Å². The first-order valence-electron chi connectivity index (χ1n) is 7.47. The van der Waals surface area contributed by atoms with Gasteiger partial charge in [-0.25, -0.2) is 4.98 Å². The Hall–Kier alpha value is -1.16. The summed E-state index contributed by atoms with van der Waals surface area (Å²) in [5, 5.41) is 0. The number of ether oxygens (including phenoxy) is 1. The highest BCUT2D eigenvalue weighted by Crippen LogP contribution is 2.21. The Morgan fingerprint density at radius 1 is 1.20 bits per heavy atom. The van der Waals surface area contributed by atoms with Crippen LogP contribution in [0, 0.1) is 13.8 Å². The molecule has 0 amide bonds. The van der Waals surface area contributed by atoms with Gasteiger partial charge in [0.25, 0.3) is 0 Å². The van der Waals surface area contributed by atoms with Crippen molar-refractivity contribution in [1.82, 2.24) is 4.98 Å². The Labute approximate surface area is 127 Å².